The molecule has 0 unspecified atom stereocenters. The van der Waals surface area contributed by atoms with Crippen molar-refractivity contribution in [3.05, 3.63) is 94.0 Å². The number of para-hydroxylation sites is 1. The average molecular weight is 355 g/mol. The van der Waals surface area contributed by atoms with Crippen molar-refractivity contribution < 1.29 is 14.3 Å². The maximum Gasteiger partial charge on any atom is 0.337 e. The molecule has 0 saturated carbocycles. The Hall–Kier alpha value is -3.53. The molecule has 1 amide bonds. The molecule has 132 valence electrons. The number of hydrogen-bond acceptors (Lipinski definition) is 3. The predicted octanol–water partition coefficient (Wildman–Crippen LogP) is 2.81. The highest BCUT2D eigenvalue weighted by Crippen LogP contribution is 2.27. The van der Waals surface area contributed by atoms with Crippen LogP contribution in [0.15, 0.2) is 71.7 Å². The van der Waals surface area contributed by atoms with Gasteiger partial charge < -0.3 is 4.74 Å². The number of carbonyl (C=O) groups excluding carboxylic acids is 2. The van der Waals surface area contributed by atoms with Crippen LogP contribution in [0.1, 0.15) is 21.5 Å². The van der Waals surface area contributed by atoms with E-state index in [1.54, 1.807) is 12.1 Å². The van der Waals surface area contributed by atoms with Gasteiger partial charge in [-0.2, -0.15) is 0 Å². The molecule has 0 bridgehead atoms. The number of aryl methyl sites for hydroxylation is 1. The second kappa shape index (κ2) is 6.65. The third-order valence-corrected chi connectivity index (χ3v) is 4.64. The van der Waals surface area contributed by atoms with Gasteiger partial charge in [0.15, 0.2) is 0 Å². The molecule has 1 aliphatic rings. The number of methoxy groups -OCH3 is 1. The van der Waals surface area contributed by atoms with E-state index in [-0.39, 0.29) is 5.91 Å². The van der Waals surface area contributed by atoms with Gasteiger partial charge in [-0.25, -0.2) is 9.79 Å². The lowest BCUT2D eigenvalue weighted by Crippen LogP contribution is -2.22. The van der Waals surface area contributed by atoms with Gasteiger partial charge in [-0.15, -0.1) is 0 Å². The summed E-state index contributed by atoms with van der Waals surface area (Å²) < 4.78 is 4.90. The minimum absolute atomic E-state index is 0.298. The van der Waals surface area contributed by atoms with Crippen molar-refractivity contribution in [3.8, 4) is 11.1 Å². The maximum atomic E-state index is 12.6. The lowest BCUT2D eigenvalue weighted by atomic mass is 9.94. The molecule has 3 aromatic carbocycles. The Kier molecular flexibility index (Phi) is 4.16. The zero-order valence-corrected chi connectivity index (χ0v) is 15.0. The number of benzene rings is 3. The molecule has 4 rings (SSSR count). The van der Waals surface area contributed by atoms with Gasteiger partial charge in [0.2, 0.25) is 0 Å². The summed E-state index contributed by atoms with van der Waals surface area (Å²) in [6.07, 6.45) is 0. The number of fused-ring (bicyclic) bond motifs is 1. The lowest BCUT2D eigenvalue weighted by molar-refractivity contribution is -0.112. The van der Waals surface area contributed by atoms with Crippen LogP contribution in [-0.2, 0) is 9.53 Å². The molecule has 0 N–H and O–H groups in total. The number of carbonyl (C=O) groups is 2. The number of nitrogens with zero attached hydrogens (tertiary/aromatic N) is 1. The molecule has 1 aliphatic heterocycles. The first-order chi connectivity index (χ1) is 13.1. The van der Waals surface area contributed by atoms with Gasteiger partial charge in [0.25, 0.3) is 5.91 Å². The fraction of sp³-hybridized carbons (Fsp3) is 0.0870. The zero-order valence-electron chi connectivity index (χ0n) is 15.0. The highest BCUT2D eigenvalue weighted by Gasteiger charge is 2.20. The summed E-state index contributed by atoms with van der Waals surface area (Å²) in [5.74, 6) is -0.741. The minimum Gasteiger partial charge on any atom is -0.465 e. The van der Waals surface area contributed by atoms with Crippen LogP contribution >= 0.6 is 0 Å². The Balaban J connectivity index is 1.98. The van der Waals surface area contributed by atoms with Gasteiger partial charge in [0, 0.05) is 5.22 Å². The van der Waals surface area contributed by atoms with Crippen molar-refractivity contribution in [1.82, 2.24) is 0 Å². The molecule has 4 heteroatoms. The number of ether oxygens (including phenoxy) is 1. The zero-order chi connectivity index (χ0) is 19.0. The summed E-state index contributed by atoms with van der Waals surface area (Å²) in [5, 5.41) is 1.43. The van der Waals surface area contributed by atoms with E-state index in [0.717, 1.165) is 21.9 Å². The second-order valence-electron chi connectivity index (χ2n) is 6.47. The first-order valence-corrected chi connectivity index (χ1v) is 8.60. The summed E-state index contributed by atoms with van der Waals surface area (Å²) >= 11 is 0. The van der Waals surface area contributed by atoms with E-state index in [1.165, 1.54) is 7.11 Å². The van der Waals surface area contributed by atoms with Crippen LogP contribution in [0.3, 0.4) is 0 Å². The Bertz CT molecular complexity index is 1190. The van der Waals surface area contributed by atoms with Gasteiger partial charge in [-0.1, -0.05) is 48.0 Å². The molecule has 0 fully saturated rings. The number of amides is 1. The smallest absolute Gasteiger partial charge is 0.337 e. The average Bonchev–Trinajstić information content (AvgIpc) is 3.03. The van der Waals surface area contributed by atoms with Crippen molar-refractivity contribution >= 4 is 17.4 Å². The number of rotatable bonds is 3. The summed E-state index contributed by atoms with van der Waals surface area (Å²) in [4.78, 5) is 28.9. The van der Waals surface area contributed by atoms with Gasteiger partial charge in [-0.05, 0) is 47.9 Å². The molecule has 0 saturated heterocycles. The van der Waals surface area contributed by atoms with Crippen molar-refractivity contribution in [2.75, 3.05) is 7.11 Å². The van der Waals surface area contributed by atoms with Crippen LogP contribution in [0.25, 0.3) is 16.7 Å². The van der Waals surface area contributed by atoms with Crippen molar-refractivity contribution in [1.29, 1.82) is 0 Å². The topological polar surface area (TPSA) is 55.7 Å². The van der Waals surface area contributed by atoms with E-state index in [4.69, 9.17) is 4.74 Å². The maximum absolute atomic E-state index is 12.6. The largest absolute Gasteiger partial charge is 0.465 e. The Morgan fingerprint density at radius 1 is 0.889 bits per heavy atom. The highest BCUT2D eigenvalue weighted by atomic mass is 16.5. The van der Waals surface area contributed by atoms with E-state index in [9.17, 15) is 9.59 Å². The molecular formula is C23H17NO3. The number of hydrogen-bond donors (Lipinski definition) is 0. The quantitative estimate of drug-likeness (QED) is 0.679. The molecule has 1 heterocycles. The normalized spacial score (nSPS) is 12.5. The van der Waals surface area contributed by atoms with Gasteiger partial charge in [-0.3, -0.25) is 4.79 Å². The lowest BCUT2D eigenvalue weighted by Gasteiger charge is -2.10. The molecule has 0 radical (unpaired) electrons. The van der Waals surface area contributed by atoms with Crippen molar-refractivity contribution in [2.24, 2.45) is 4.99 Å². The van der Waals surface area contributed by atoms with Crippen molar-refractivity contribution in [2.45, 2.75) is 6.92 Å². The fourth-order valence-corrected chi connectivity index (χ4v) is 3.26. The molecule has 4 nitrogen and oxygen atoms in total. The van der Waals surface area contributed by atoms with Gasteiger partial charge in [0.1, 0.15) is 0 Å². The third kappa shape index (κ3) is 3.06. The number of esters is 1. The van der Waals surface area contributed by atoms with Gasteiger partial charge in [0.05, 0.1) is 23.6 Å². The summed E-state index contributed by atoms with van der Waals surface area (Å²) in [6.45, 7) is 2.02. The van der Waals surface area contributed by atoms with Crippen LogP contribution < -0.4 is 10.6 Å². The highest BCUT2D eigenvalue weighted by molar-refractivity contribution is 6.21. The SMILES string of the molecule is COC(=O)c1cc(C2=c3ccccc3=NC2=O)cc(-c2ccc(C)cc2)c1. The first kappa shape index (κ1) is 16.9. The summed E-state index contributed by atoms with van der Waals surface area (Å²) in [6, 6.07) is 20.8. The van der Waals surface area contributed by atoms with Gasteiger partial charge >= 0.3 is 5.97 Å². The predicted molar refractivity (Wildman–Crippen MR) is 103 cm³/mol. The van der Waals surface area contributed by atoms with Crippen molar-refractivity contribution in [3.63, 3.8) is 0 Å². The minimum atomic E-state index is -0.443. The van der Waals surface area contributed by atoms with E-state index < -0.39 is 5.97 Å². The van der Waals surface area contributed by atoms with Crippen LogP contribution in [-0.4, -0.2) is 19.0 Å². The molecule has 0 aliphatic carbocycles. The van der Waals surface area contributed by atoms with Crippen LogP contribution in [0.4, 0.5) is 0 Å². The standard InChI is InChI=1S/C23H17NO3/c1-14-7-9-15(10-8-14)16-11-17(13-18(12-16)23(26)27-2)21-19-5-3-4-6-20(19)24-22(21)25/h3-13H,1-2H3. The Morgan fingerprint density at radius 3 is 2.33 bits per heavy atom. The first-order valence-electron chi connectivity index (χ1n) is 8.60. The molecule has 0 atom stereocenters. The summed E-state index contributed by atoms with van der Waals surface area (Å²) in [7, 11) is 1.35. The van der Waals surface area contributed by atoms with E-state index >= 15 is 0 Å². The Labute approximate surface area is 156 Å². The van der Waals surface area contributed by atoms with E-state index in [1.807, 2.05) is 61.5 Å². The van der Waals surface area contributed by atoms with Crippen LogP contribution in [0.5, 0.6) is 0 Å². The molecule has 0 spiro atoms. The summed E-state index contributed by atoms with van der Waals surface area (Å²) in [5.41, 5.74) is 4.52. The molecule has 0 aromatic heterocycles. The van der Waals surface area contributed by atoms with E-state index in [2.05, 4.69) is 4.99 Å². The van der Waals surface area contributed by atoms with Crippen LogP contribution in [0.2, 0.25) is 0 Å². The van der Waals surface area contributed by atoms with Crippen LogP contribution in [0, 0.1) is 6.92 Å². The molecule has 27 heavy (non-hydrogen) atoms. The molecular weight excluding hydrogens is 338 g/mol. The Morgan fingerprint density at radius 2 is 1.59 bits per heavy atom. The van der Waals surface area contributed by atoms with E-state index in [0.29, 0.717) is 22.1 Å². The third-order valence-electron chi connectivity index (χ3n) is 4.64. The molecule has 3 aromatic rings. The monoisotopic (exact) mass is 355 g/mol. The fourth-order valence-electron chi connectivity index (χ4n) is 3.26. The second-order valence-corrected chi connectivity index (χ2v) is 6.47.